The van der Waals surface area contributed by atoms with Crippen molar-refractivity contribution in [2.45, 2.75) is 0 Å². The monoisotopic (exact) mass is 371 g/mol. The van der Waals surface area contributed by atoms with Crippen molar-refractivity contribution in [2.75, 3.05) is 5.32 Å². The summed E-state index contributed by atoms with van der Waals surface area (Å²) in [5.41, 5.74) is 0.637. The van der Waals surface area contributed by atoms with Gasteiger partial charge in [0.2, 0.25) is 0 Å². The fourth-order valence-corrected chi connectivity index (χ4v) is 2.46. The molecule has 0 saturated heterocycles. The molecule has 0 unspecified atom stereocenters. The molecule has 0 saturated carbocycles. The highest BCUT2D eigenvalue weighted by atomic mass is 79.9. The molecular formula is C13H8BrCl2N3O. The summed E-state index contributed by atoms with van der Waals surface area (Å²) in [6.45, 7) is 0. The van der Waals surface area contributed by atoms with E-state index in [0.717, 1.165) is 0 Å². The third-order valence-corrected chi connectivity index (χ3v) is 3.52. The molecule has 0 bridgehead atoms. The van der Waals surface area contributed by atoms with Gasteiger partial charge in [0.25, 0.3) is 5.91 Å². The van der Waals surface area contributed by atoms with Gasteiger partial charge in [-0.25, -0.2) is 4.98 Å². The average molecular weight is 373 g/mol. The molecule has 0 aliphatic carbocycles. The van der Waals surface area contributed by atoms with Gasteiger partial charge in [0.05, 0.1) is 15.6 Å². The second-order valence-corrected chi connectivity index (χ2v) is 5.37. The Kier molecular flexibility index (Phi) is 4.75. The molecule has 7 heteroatoms. The van der Waals surface area contributed by atoms with Gasteiger partial charge in [0.1, 0.15) is 10.4 Å². The van der Waals surface area contributed by atoms with Crippen LogP contribution in [-0.2, 0) is 0 Å². The van der Waals surface area contributed by atoms with Crippen LogP contribution in [0, 0.1) is 5.41 Å². The molecule has 0 aliphatic heterocycles. The molecule has 0 aliphatic rings. The smallest absolute Gasteiger partial charge is 0.259 e. The van der Waals surface area contributed by atoms with Gasteiger partial charge in [0, 0.05) is 11.8 Å². The maximum absolute atomic E-state index is 12.2. The number of nitrogens with one attached hydrogen (secondary N) is 2. The molecule has 1 aromatic heterocycles. The minimum absolute atomic E-state index is 0.117. The molecule has 1 aromatic carbocycles. The van der Waals surface area contributed by atoms with Gasteiger partial charge >= 0.3 is 0 Å². The minimum atomic E-state index is -0.477. The van der Waals surface area contributed by atoms with Gasteiger partial charge in [-0.3, -0.25) is 10.2 Å². The normalized spacial score (nSPS) is 10.2. The second-order valence-electron chi connectivity index (χ2n) is 3.76. The Labute approximate surface area is 133 Å². The summed E-state index contributed by atoms with van der Waals surface area (Å²) >= 11 is 15.0. The van der Waals surface area contributed by atoms with E-state index >= 15 is 0 Å². The lowest BCUT2D eigenvalue weighted by molar-refractivity contribution is 0.102. The second kappa shape index (κ2) is 6.35. The van der Waals surface area contributed by atoms with Crippen LogP contribution in [0.5, 0.6) is 0 Å². The quantitative estimate of drug-likeness (QED) is 0.786. The van der Waals surface area contributed by atoms with E-state index < -0.39 is 5.91 Å². The molecule has 0 radical (unpaired) electrons. The number of aromatic nitrogens is 1. The predicted molar refractivity (Wildman–Crippen MR) is 84.4 cm³/mol. The minimum Gasteiger partial charge on any atom is -0.306 e. The standard InChI is InChI=1S/C13H8BrCl2N3O/c14-11(17)7-3-2-6-18-12(7)19-13(20)10-8(15)4-1-5-9(10)16/h1-6,17H,(H,18,19,20). The van der Waals surface area contributed by atoms with Crippen LogP contribution in [0.1, 0.15) is 15.9 Å². The van der Waals surface area contributed by atoms with Crippen molar-refractivity contribution in [1.82, 2.24) is 4.98 Å². The molecule has 0 fully saturated rings. The van der Waals surface area contributed by atoms with Crippen LogP contribution in [-0.4, -0.2) is 15.5 Å². The van der Waals surface area contributed by atoms with E-state index in [-0.39, 0.29) is 26.0 Å². The van der Waals surface area contributed by atoms with E-state index in [2.05, 4.69) is 26.2 Å². The zero-order valence-corrected chi connectivity index (χ0v) is 13.1. The van der Waals surface area contributed by atoms with Gasteiger partial charge < -0.3 is 5.32 Å². The molecule has 102 valence electrons. The molecule has 0 spiro atoms. The predicted octanol–water partition coefficient (Wildman–Crippen LogP) is 4.36. The zero-order valence-electron chi connectivity index (χ0n) is 9.95. The van der Waals surface area contributed by atoms with Crippen molar-refractivity contribution in [2.24, 2.45) is 0 Å². The molecule has 20 heavy (non-hydrogen) atoms. The number of carbonyl (C=O) groups is 1. The summed E-state index contributed by atoms with van der Waals surface area (Å²) in [6.07, 6.45) is 1.52. The van der Waals surface area contributed by atoms with Gasteiger partial charge in [-0.1, -0.05) is 29.3 Å². The Bertz CT molecular complexity index is 671. The van der Waals surface area contributed by atoms with Gasteiger partial charge in [0.15, 0.2) is 0 Å². The average Bonchev–Trinajstić information content (AvgIpc) is 2.38. The van der Waals surface area contributed by atoms with Crippen LogP contribution in [0.2, 0.25) is 10.0 Å². The summed E-state index contributed by atoms with van der Waals surface area (Å²) in [5.74, 6) is -0.218. The van der Waals surface area contributed by atoms with Crippen LogP contribution in [0.25, 0.3) is 0 Å². The number of halogens is 3. The van der Waals surface area contributed by atoms with E-state index in [1.54, 1.807) is 30.3 Å². The Morgan fingerprint density at radius 1 is 1.20 bits per heavy atom. The first-order chi connectivity index (χ1) is 9.50. The van der Waals surface area contributed by atoms with Crippen LogP contribution < -0.4 is 5.32 Å². The molecule has 2 N–H and O–H groups in total. The molecule has 4 nitrogen and oxygen atoms in total. The molecule has 2 rings (SSSR count). The van der Waals surface area contributed by atoms with Crippen molar-refractivity contribution in [3.05, 3.63) is 57.7 Å². The first-order valence-corrected chi connectivity index (χ1v) is 7.00. The Balaban J connectivity index is 2.36. The third kappa shape index (κ3) is 3.17. The number of carbonyl (C=O) groups excluding carboxylic acids is 1. The third-order valence-electron chi connectivity index (χ3n) is 2.47. The van der Waals surface area contributed by atoms with Crippen LogP contribution >= 0.6 is 39.1 Å². The van der Waals surface area contributed by atoms with Gasteiger partial charge in [-0.05, 0) is 40.2 Å². The number of nitrogens with zero attached hydrogens (tertiary/aromatic N) is 1. The van der Waals surface area contributed by atoms with Crippen LogP contribution in [0.15, 0.2) is 36.5 Å². The highest BCUT2D eigenvalue weighted by Crippen LogP contribution is 2.25. The molecule has 0 atom stereocenters. The maximum Gasteiger partial charge on any atom is 0.259 e. The Morgan fingerprint density at radius 2 is 1.85 bits per heavy atom. The number of rotatable bonds is 3. The first kappa shape index (κ1) is 15.0. The van der Waals surface area contributed by atoms with Gasteiger partial charge in [-0.2, -0.15) is 0 Å². The van der Waals surface area contributed by atoms with E-state index in [4.69, 9.17) is 28.6 Å². The number of hydrogen-bond acceptors (Lipinski definition) is 3. The number of hydrogen-bond donors (Lipinski definition) is 2. The highest BCUT2D eigenvalue weighted by molar-refractivity contribution is 9.18. The summed E-state index contributed by atoms with van der Waals surface area (Å²) in [5, 5.41) is 10.7. The van der Waals surface area contributed by atoms with Crippen molar-refractivity contribution >= 4 is 55.5 Å². The lowest BCUT2D eigenvalue weighted by Crippen LogP contribution is -2.16. The fourth-order valence-electron chi connectivity index (χ4n) is 1.57. The van der Waals surface area contributed by atoms with Crippen molar-refractivity contribution in [1.29, 1.82) is 5.41 Å². The molecule has 1 heterocycles. The summed E-state index contributed by atoms with van der Waals surface area (Å²) in [6, 6.07) is 8.14. The number of benzene rings is 1. The van der Waals surface area contributed by atoms with Crippen molar-refractivity contribution in [3.8, 4) is 0 Å². The Hall–Kier alpha value is -1.43. The number of amides is 1. The molecule has 2 aromatic rings. The topological polar surface area (TPSA) is 65.8 Å². The van der Waals surface area contributed by atoms with Crippen LogP contribution in [0.4, 0.5) is 5.82 Å². The number of pyridine rings is 1. The SMILES string of the molecule is N=C(Br)c1cccnc1NC(=O)c1c(Cl)cccc1Cl. The fraction of sp³-hybridized carbons (Fsp3) is 0. The van der Waals surface area contributed by atoms with E-state index in [1.165, 1.54) is 6.20 Å². The lowest BCUT2D eigenvalue weighted by Gasteiger charge is -2.10. The van der Waals surface area contributed by atoms with Gasteiger partial charge in [-0.15, -0.1) is 0 Å². The van der Waals surface area contributed by atoms with Crippen molar-refractivity contribution in [3.63, 3.8) is 0 Å². The molecular weight excluding hydrogens is 365 g/mol. The lowest BCUT2D eigenvalue weighted by atomic mass is 10.2. The van der Waals surface area contributed by atoms with Crippen molar-refractivity contribution < 1.29 is 4.79 Å². The largest absolute Gasteiger partial charge is 0.306 e. The zero-order chi connectivity index (χ0) is 14.7. The number of anilines is 1. The molecule has 1 amide bonds. The summed E-state index contributed by atoms with van der Waals surface area (Å²) < 4.78 is 0.117. The first-order valence-electron chi connectivity index (χ1n) is 5.45. The Morgan fingerprint density at radius 3 is 2.45 bits per heavy atom. The van der Waals surface area contributed by atoms with E-state index in [0.29, 0.717) is 5.56 Å². The maximum atomic E-state index is 12.2. The highest BCUT2D eigenvalue weighted by Gasteiger charge is 2.17. The summed E-state index contributed by atoms with van der Waals surface area (Å²) in [4.78, 5) is 16.3. The van der Waals surface area contributed by atoms with Crippen LogP contribution in [0.3, 0.4) is 0 Å². The summed E-state index contributed by atoms with van der Waals surface area (Å²) in [7, 11) is 0. The van der Waals surface area contributed by atoms with E-state index in [9.17, 15) is 4.79 Å². The van der Waals surface area contributed by atoms with E-state index in [1.807, 2.05) is 0 Å².